The summed E-state index contributed by atoms with van der Waals surface area (Å²) in [5, 5.41) is 3.06. The average molecular weight is 477 g/mol. The predicted molar refractivity (Wildman–Crippen MR) is 136 cm³/mol. The van der Waals surface area contributed by atoms with Gasteiger partial charge in [-0.2, -0.15) is 0 Å². The van der Waals surface area contributed by atoms with Crippen LogP contribution in [0.25, 0.3) is 0 Å². The lowest BCUT2D eigenvalue weighted by molar-refractivity contribution is -0.120. The fourth-order valence-corrected chi connectivity index (χ4v) is 4.36. The molecule has 1 aliphatic rings. The van der Waals surface area contributed by atoms with Crippen molar-refractivity contribution >= 4 is 24.2 Å². The number of rotatable bonds is 10. The minimum absolute atomic E-state index is 0.173. The van der Waals surface area contributed by atoms with Crippen LogP contribution in [0, 0.1) is 5.82 Å². The Balaban J connectivity index is 0.000000890. The van der Waals surface area contributed by atoms with Gasteiger partial charge in [-0.1, -0.05) is 18.2 Å². The van der Waals surface area contributed by atoms with Crippen molar-refractivity contribution in [3.05, 3.63) is 59.4 Å². The number of benzene rings is 2. The summed E-state index contributed by atoms with van der Waals surface area (Å²) in [7, 11) is 5.68. The molecule has 1 fully saturated rings. The lowest BCUT2D eigenvalue weighted by Crippen LogP contribution is -2.35. The maximum atomic E-state index is 13.0. The van der Waals surface area contributed by atoms with Crippen molar-refractivity contribution in [2.45, 2.75) is 50.5 Å². The van der Waals surface area contributed by atoms with E-state index in [0.29, 0.717) is 24.2 Å². The van der Waals surface area contributed by atoms with Crippen LogP contribution in [0.15, 0.2) is 42.5 Å². The first kappa shape index (κ1) is 27.2. The van der Waals surface area contributed by atoms with Crippen LogP contribution in [0.2, 0.25) is 0 Å². The zero-order valence-electron chi connectivity index (χ0n) is 20.2. The number of hydrogen-bond acceptors (Lipinski definition) is 6. The lowest BCUT2D eigenvalue weighted by atomic mass is 9.81. The number of anilines is 1. The van der Waals surface area contributed by atoms with E-state index in [1.807, 2.05) is 37.6 Å². The van der Waals surface area contributed by atoms with E-state index < -0.39 is 0 Å². The van der Waals surface area contributed by atoms with E-state index in [1.54, 1.807) is 7.11 Å². The number of carbonyl (C=O) groups is 1. The molecular weight excluding hydrogens is 439 g/mol. The molecule has 0 atom stereocenters. The first-order chi connectivity index (χ1) is 16.0. The van der Waals surface area contributed by atoms with Gasteiger partial charge in [0.2, 0.25) is 0 Å². The Bertz CT molecular complexity index is 825. The fraction of sp³-hybridized carbons (Fsp3) is 0.500. The Kier molecular flexibility index (Phi) is 12.3. The number of ether oxygens (including phenoxy) is 1. The van der Waals surface area contributed by atoms with Gasteiger partial charge in [0.15, 0.2) is 5.75 Å². The minimum Gasteiger partial charge on any atom is -0.427 e. The molecule has 0 bridgehead atoms. The highest BCUT2D eigenvalue weighted by Crippen LogP contribution is 2.37. The molecule has 0 aromatic heterocycles. The van der Waals surface area contributed by atoms with E-state index in [0.717, 1.165) is 37.9 Å². The lowest BCUT2D eigenvalue weighted by Gasteiger charge is -2.35. The maximum Gasteiger partial charge on any atom is 0.298 e. The fourth-order valence-electron chi connectivity index (χ4n) is 4.36. The number of nitrogens with one attached hydrogen (secondary N) is 1. The summed E-state index contributed by atoms with van der Waals surface area (Å²) >= 11 is 1.36. The number of nitrogens with zero attached hydrogens (tertiary/aromatic N) is 1. The van der Waals surface area contributed by atoms with E-state index in [9.17, 15) is 9.18 Å². The summed E-state index contributed by atoms with van der Waals surface area (Å²) < 4.78 is 22.6. The molecular formula is C26H37FN2O3S. The van der Waals surface area contributed by atoms with E-state index in [4.69, 9.17) is 4.74 Å². The Morgan fingerprint density at radius 2 is 1.82 bits per heavy atom. The molecule has 0 spiro atoms. The highest BCUT2D eigenvalue weighted by atomic mass is 32.2. The molecule has 33 heavy (non-hydrogen) atoms. The molecule has 1 saturated carbocycles. The molecule has 3 rings (SSSR count). The van der Waals surface area contributed by atoms with Crippen molar-refractivity contribution < 1.29 is 18.1 Å². The van der Waals surface area contributed by atoms with Crippen LogP contribution in [0.1, 0.15) is 49.1 Å². The van der Waals surface area contributed by atoms with Gasteiger partial charge in [0.25, 0.3) is 6.47 Å². The smallest absolute Gasteiger partial charge is 0.298 e. The van der Waals surface area contributed by atoms with Crippen LogP contribution in [-0.2, 0) is 15.4 Å². The largest absolute Gasteiger partial charge is 0.427 e. The average Bonchev–Trinajstić information content (AvgIpc) is 2.85. The van der Waals surface area contributed by atoms with Crippen molar-refractivity contribution in [3.8, 4) is 5.75 Å². The molecule has 0 unspecified atom stereocenters. The minimum atomic E-state index is -0.173. The molecule has 7 heteroatoms. The standard InChI is InChI=1S/C24H31FN2O2.C2H6OS/c1-26-23-14-9-20(16-24(23)29-17-28)19-7-12-22(13-8-19)27(2)15-3-4-18-5-10-21(25)11-6-18;1-3-4-2/h5-6,9-11,14,16-17,19,22,26H,3-4,7-8,12-13,15H2,1-2H3;1-2H3. The van der Waals surface area contributed by atoms with Crippen LogP contribution in [-0.4, -0.2) is 51.4 Å². The van der Waals surface area contributed by atoms with E-state index >= 15 is 0 Å². The van der Waals surface area contributed by atoms with Crippen LogP contribution in [0.4, 0.5) is 10.1 Å². The van der Waals surface area contributed by atoms with Gasteiger partial charge in [0, 0.05) is 19.3 Å². The molecule has 1 aliphatic carbocycles. The maximum absolute atomic E-state index is 13.0. The molecule has 2 aromatic carbocycles. The molecule has 0 radical (unpaired) electrons. The molecule has 182 valence electrons. The van der Waals surface area contributed by atoms with Crippen molar-refractivity contribution in [2.24, 2.45) is 0 Å². The highest BCUT2D eigenvalue weighted by molar-refractivity contribution is 7.93. The molecule has 0 aliphatic heterocycles. The zero-order valence-corrected chi connectivity index (χ0v) is 21.0. The summed E-state index contributed by atoms with van der Waals surface area (Å²) in [6.45, 7) is 1.54. The Labute approximate surface area is 202 Å². The van der Waals surface area contributed by atoms with Gasteiger partial charge in [-0.15, -0.1) is 0 Å². The summed E-state index contributed by atoms with van der Waals surface area (Å²) in [5.41, 5.74) is 3.27. The zero-order chi connectivity index (χ0) is 24.1. The summed E-state index contributed by atoms with van der Waals surface area (Å²) in [6, 6.07) is 13.6. The van der Waals surface area contributed by atoms with Crippen molar-refractivity contribution in [1.82, 2.24) is 4.90 Å². The van der Waals surface area contributed by atoms with Gasteiger partial charge in [0.1, 0.15) is 5.82 Å². The Hall–Kier alpha value is -2.09. The first-order valence-electron chi connectivity index (χ1n) is 11.5. The topological polar surface area (TPSA) is 50.8 Å². The second kappa shape index (κ2) is 14.9. The summed E-state index contributed by atoms with van der Waals surface area (Å²) in [6.07, 6.45) is 8.58. The quantitative estimate of drug-likeness (QED) is 0.340. The molecule has 1 N–H and O–H groups in total. The molecule has 2 aromatic rings. The third kappa shape index (κ3) is 8.99. The molecule has 0 heterocycles. The summed E-state index contributed by atoms with van der Waals surface area (Å²) in [5.74, 6) is 0.937. The van der Waals surface area contributed by atoms with Gasteiger partial charge in [0.05, 0.1) is 12.8 Å². The van der Waals surface area contributed by atoms with Crippen molar-refractivity contribution in [2.75, 3.05) is 39.3 Å². The van der Waals surface area contributed by atoms with E-state index in [2.05, 4.69) is 27.5 Å². The van der Waals surface area contributed by atoms with E-state index in [-0.39, 0.29) is 5.82 Å². The third-order valence-electron chi connectivity index (χ3n) is 6.30. The molecule has 5 nitrogen and oxygen atoms in total. The van der Waals surface area contributed by atoms with Gasteiger partial charge in [-0.05, 0) is 105 Å². The summed E-state index contributed by atoms with van der Waals surface area (Å²) in [4.78, 5) is 13.2. The monoisotopic (exact) mass is 476 g/mol. The number of hydrogen-bond donors (Lipinski definition) is 1. The van der Waals surface area contributed by atoms with Crippen LogP contribution in [0.5, 0.6) is 5.75 Å². The Morgan fingerprint density at radius 3 is 2.39 bits per heavy atom. The number of carbonyl (C=O) groups excluding carboxylic acids is 1. The second-order valence-electron chi connectivity index (χ2n) is 8.27. The number of aryl methyl sites for hydroxylation is 1. The van der Waals surface area contributed by atoms with Gasteiger partial charge in [-0.3, -0.25) is 4.79 Å². The SMILES string of the molecule is CNc1ccc(C2CCC(N(C)CCCc3ccc(F)cc3)CC2)cc1OC=O.COSC. The van der Waals surface area contributed by atoms with Crippen LogP contribution in [0.3, 0.4) is 0 Å². The normalized spacial score (nSPS) is 17.8. The number of halogens is 1. The molecule has 0 amide bonds. The van der Waals surface area contributed by atoms with Gasteiger partial charge in [-0.25, -0.2) is 4.39 Å². The molecule has 0 saturated heterocycles. The van der Waals surface area contributed by atoms with Crippen molar-refractivity contribution in [3.63, 3.8) is 0 Å². The Morgan fingerprint density at radius 1 is 1.15 bits per heavy atom. The van der Waals surface area contributed by atoms with Gasteiger partial charge >= 0.3 is 0 Å². The first-order valence-corrected chi connectivity index (χ1v) is 12.6. The third-order valence-corrected chi connectivity index (χ3v) is 6.63. The van der Waals surface area contributed by atoms with Crippen LogP contribution >= 0.6 is 12.0 Å². The van der Waals surface area contributed by atoms with Crippen LogP contribution < -0.4 is 10.1 Å². The van der Waals surface area contributed by atoms with E-state index in [1.165, 1.54) is 48.1 Å². The predicted octanol–water partition coefficient (Wildman–Crippen LogP) is 5.90. The van der Waals surface area contributed by atoms with Gasteiger partial charge < -0.3 is 19.1 Å². The second-order valence-corrected chi connectivity index (χ2v) is 8.94. The highest BCUT2D eigenvalue weighted by Gasteiger charge is 2.25. The van der Waals surface area contributed by atoms with Crippen molar-refractivity contribution in [1.29, 1.82) is 0 Å².